The number of amides is 1. The minimum atomic E-state index is -0.615. The zero-order chi connectivity index (χ0) is 14.5. The first-order valence-corrected chi connectivity index (χ1v) is 5.47. The van der Waals surface area contributed by atoms with E-state index in [-0.39, 0.29) is 17.2 Å². The molecule has 8 heteroatoms. The highest BCUT2D eigenvalue weighted by Gasteiger charge is 2.05. The van der Waals surface area contributed by atoms with Crippen LogP contribution in [0.3, 0.4) is 0 Å². The van der Waals surface area contributed by atoms with E-state index in [1.54, 1.807) is 0 Å². The van der Waals surface area contributed by atoms with Crippen LogP contribution in [0.15, 0.2) is 40.2 Å². The van der Waals surface area contributed by atoms with Gasteiger partial charge in [-0.2, -0.15) is 10.2 Å². The monoisotopic (exact) mass is 274 g/mol. The molecule has 8 nitrogen and oxygen atoms in total. The number of hydrazone groups is 1. The predicted molar refractivity (Wildman–Crippen MR) is 69.7 cm³/mol. The molecular weight excluding hydrogens is 264 g/mol. The standard InChI is InChI=1S/C12H10N4O4/c17-8-2-1-7(10(18)5-8)6-13-16-12(20)9-3-4-11(19)15-14-9/h1-6,17-18H,(H,15,19)(H,16,20)/b13-6-. The van der Waals surface area contributed by atoms with Crippen molar-refractivity contribution in [3.05, 3.63) is 51.9 Å². The van der Waals surface area contributed by atoms with Crippen LogP contribution >= 0.6 is 0 Å². The fraction of sp³-hybridized carbons (Fsp3) is 0. The average Bonchev–Trinajstić information content (AvgIpc) is 2.42. The Kier molecular flexibility index (Phi) is 3.75. The van der Waals surface area contributed by atoms with Gasteiger partial charge in [0.2, 0.25) is 0 Å². The number of phenolic OH excluding ortho intramolecular Hbond substituents is 2. The maximum atomic E-state index is 11.6. The second kappa shape index (κ2) is 5.65. The van der Waals surface area contributed by atoms with Gasteiger partial charge in [-0.25, -0.2) is 10.5 Å². The van der Waals surface area contributed by atoms with Crippen LogP contribution in [0, 0.1) is 0 Å². The van der Waals surface area contributed by atoms with E-state index in [1.165, 1.54) is 24.4 Å². The molecule has 0 bridgehead atoms. The summed E-state index contributed by atoms with van der Waals surface area (Å²) in [4.78, 5) is 22.4. The molecule has 2 rings (SSSR count). The van der Waals surface area contributed by atoms with Gasteiger partial charge in [-0.05, 0) is 18.2 Å². The Hall–Kier alpha value is -3.16. The van der Waals surface area contributed by atoms with Crippen molar-refractivity contribution in [3.63, 3.8) is 0 Å². The van der Waals surface area contributed by atoms with Crippen molar-refractivity contribution in [1.29, 1.82) is 0 Å². The van der Waals surface area contributed by atoms with Crippen molar-refractivity contribution in [2.75, 3.05) is 0 Å². The molecular formula is C12H10N4O4. The summed E-state index contributed by atoms with van der Waals surface area (Å²) in [6.45, 7) is 0. The summed E-state index contributed by atoms with van der Waals surface area (Å²) in [5.41, 5.74) is 2.08. The third-order valence-corrected chi connectivity index (χ3v) is 2.30. The summed E-state index contributed by atoms with van der Waals surface area (Å²) in [5, 5.41) is 27.9. The van der Waals surface area contributed by atoms with Crippen molar-refractivity contribution < 1.29 is 15.0 Å². The Morgan fingerprint density at radius 2 is 2.10 bits per heavy atom. The van der Waals surface area contributed by atoms with Gasteiger partial charge >= 0.3 is 0 Å². The molecule has 1 amide bonds. The first kappa shape index (κ1) is 13.3. The number of aromatic nitrogens is 2. The molecule has 0 aliphatic heterocycles. The summed E-state index contributed by atoms with van der Waals surface area (Å²) in [5.74, 6) is -0.873. The SMILES string of the molecule is O=C(N/N=C\c1ccc(O)cc1O)c1ccc(=O)[nH]n1. The number of nitrogens with one attached hydrogen (secondary N) is 2. The van der Waals surface area contributed by atoms with E-state index in [0.29, 0.717) is 5.56 Å². The normalized spacial score (nSPS) is 10.6. The smallest absolute Gasteiger partial charge is 0.291 e. The largest absolute Gasteiger partial charge is 0.508 e. The number of rotatable bonds is 3. The molecule has 4 N–H and O–H groups in total. The number of benzene rings is 1. The van der Waals surface area contributed by atoms with E-state index in [4.69, 9.17) is 5.11 Å². The first-order valence-electron chi connectivity index (χ1n) is 5.47. The summed E-state index contributed by atoms with van der Waals surface area (Å²) >= 11 is 0. The predicted octanol–water partition coefficient (Wildman–Crippen LogP) is -0.0550. The highest BCUT2D eigenvalue weighted by Crippen LogP contribution is 2.20. The summed E-state index contributed by atoms with van der Waals surface area (Å²) in [6.07, 6.45) is 1.21. The van der Waals surface area contributed by atoms with Gasteiger partial charge < -0.3 is 10.2 Å². The van der Waals surface area contributed by atoms with Crippen LogP contribution in [0.5, 0.6) is 11.5 Å². The van der Waals surface area contributed by atoms with Crippen molar-refractivity contribution in [2.45, 2.75) is 0 Å². The summed E-state index contributed by atoms with van der Waals surface area (Å²) in [6, 6.07) is 6.36. The summed E-state index contributed by atoms with van der Waals surface area (Å²) < 4.78 is 0. The van der Waals surface area contributed by atoms with Gasteiger partial charge in [-0.1, -0.05) is 0 Å². The van der Waals surface area contributed by atoms with Gasteiger partial charge in [-0.3, -0.25) is 9.59 Å². The van der Waals surface area contributed by atoms with E-state index in [2.05, 4.69) is 20.7 Å². The van der Waals surface area contributed by atoms with Crippen LogP contribution in [0.2, 0.25) is 0 Å². The number of H-pyrrole nitrogens is 1. The Bertz CT molecular complexity index is 703. The van der Waals surface area contributed by atoms with Crippen LogP contribution in [0.25, 0.3) is 0 Å². The van der Waals surface area contributed by atoms with Crippen LogP contribution in [0.1, 0.15) is 16.1 Å². The lowest BCUT2D eigenvalue weighted by molar-refractivity contribution is 0.0949. The molecule has 0 spiro atoms. The minimum absolute atomic E-state index is 0.00308. The number of hydrogen-bond acceptors (Lipinski definition) is 6. The van der Waals surface area contributed by atoms with E-state index in [1.807, 2.05) is 0 Å². The van der Waals surface area contributed by atoms with E-state index in [9.17, 15) is 14.7 Å². The lowest BCUT2D eigenvalue weighted by Gasteiger charge is -2.00. The fourth-order valence-corrected chi connectivity index (χ4v) is 1.33. The maximum absolute atomic E-state index is 11.6. The maximum Gasteiger partial charge on any atom is 0.291 e. The van der Waals surface area contributed by atoms with Crippen LogP contribution in [-0.2, 0) is 0 Å². The number of carbonyl (C=O) groups is 1. The molecule has 20 heavy (non-hydrogen) atoms. The molecule has 1 aromatic carbocycles. The zero-order valence-corrected chi connectivity index (χ0v) is 10.1. The van der Waals surface area contributed by atoms with Gasteiger partial charge in [0.15, 0.2) is 5.69 Å². The number of aromatic amines is 1. The van der Waals surface area contributed by atoms with Crippen molar-refractivity contribution >= 4 is 12.1 Å². The number of carbonyl (C=O) groups excluding carboxylic acids is 1. The van der Waals surface area contributed by atoms with Crippen molar-refractivity contribution in [2.24, 2.45) is 5.10 Å². The quantitative estimate of drug-likeness (QED) is 0.460. The lowest BCUT2D eigenvalue weighted by atomic mass is 10.2. The summed E-state index contributed by atoms with van der Waals surface area (Å²) in [7, 11) is 0. The molecule has 2 aromatic rings. The van der Waals surface area contributed by atoms with E-state index in [0.717, 1.165) is 12.1 Å². The van der Waals surface area contributed by atoms with Gasteiger partial charge in [0.05, 0.1) is 6.21 Å². The number of phenols is 2. The highest BCUT2D eigenvalue weighted by molar-refractivity contribution is 5.93. The third-order valence-electron chi connectivity index (χ3n) is 2.30. The van der Waals surface area contributed by atoms with E-state index < -0.39 is 11.5 Å². The zero-order valence-electron chi connectivity index (χ0n) is 10.1. The van der Waals surface area contributed by atoms with Gasteiger partial charge in [-0.15, -0.1) is 0 Å². The first-order chi connectivity index (χ1) is 9.56. The topological polar surface area (TPSA) is 128 Å². The van der Waals surface area contributed by atoms with Crippen molar-refractivity contribution in [3.8, 4) is 11.5 Å². The molecule has 1 heterocycles. The van der Waals surface area contributed by atoms with Crippen LogP contribution in [0.4, 0.5) is 0 Å². The molecule has 0 saturated carbocycles. The number of nitrogens with zero attached hydrogens (tertiary/aromatic N) is 2. The molecule has 1 aromatic heterocycles. The number of hydrogen-bond donors (Lipinski definition) is 4. The molecule has 0 radical (unpaired) electrons. The Morgan fingerprint density at radius 3 is 2.75 bits per heavy atom. The second-order valence-electron chi connectivity index (χ2n) is 3.75. The Morgan fingerprint density at radius 1 is 1.30 bits per heavy atom. The van der Waals surface area contributed by atoms with Crippen LogP contribution < -0.4 is 11.0 Å². The molecule has 102 valence electrons. The van der Waals surface area contributed by atoms with Crippen LogP contribution in [-0.4, -0.2) is 32.5 Å². The average molecular weight is 274 g/mol. The number of aromatic hydroxyl groups is 2. The van der Waals surface area contributed by atoms with Gasteiger partial charge in [0, 0.05) is 17.7 Å². The fourth-order valence-electron chi connectivity index (χ4n) is 1.33. The van der Waals surface area contributed by atoms with Crippen molar-refractivity contribution in [1.82, 2.24) is 15.6 Å². The van der Waals surface area contributed by atoms with Gasteiger partial charge in [0.25, 0.3) is 11.5 Å². The minimum Gasteiger partial charge on any atom is -0.508 e. The molecule has 0 aliphatic carbocycles. The Labute approximate surface area is 112 Å². The lowest BCUT2D eigenvalue weighted by Crippen LogP contribution is -2.21. The third kappa shape index (κ3) is 3.19. The molecule has 0 aliphatic rings. The second-order valence-corrected chi connectivity index (χ2v) is 3.75. The molecule has 0 saturated heterocycles. The molecule has 0 unspecified atom stereocenters. The molecule has 0 atom stereocenters. The van der Waals surface area contributed by atoms with E-state index >= 15 is 0 Å². The van der Waals surface area contributed by atoms with Gasteiger partial charge in [0.1, 0.15) is 11.5 Å². The Balaban J connectivity index is 2.04. The molecule has 0 fully saturated rings. The highest BCUT2D eigenvalue weighted by atomic mass is 16.3.